The zero-order valence-corrected chi connectivity index (χ0v) is 10.6. The molecule has 1 heterocycles. The van der Waals surface area contributed by atoms with E-state index >= 15 is 0 Å². The second-order valence-electron chi connectivity index (χ2n) is 2.86. The molecule has 6 heteroatoms. The van der Waals surface area contributed by atoms with Crippen LogP contribution in [0.1, 0.15) is 19.8 Å². The number of thioether (sulfide) groups is 2. The molecule has 0 amide bonds. The molecule has 0 spiro atoms. The molecule has 1 saturated heterocycles. The fraction of sp³-hybridized carbons (Fsp3) is 0.750. The van der Waals surface area contributed by atoms with E-state index in [2.05, 4.69) is 17.5 Å². The molecule has 0 aromatic carbocycles. The summed E-state index contributed by atoms with van der Waals surface area (Å²) in [5.74, 6) is 2.45. The van der Waals surface area contributed by atoms with Gasteiger partial charge in [0.2, 0.25) is 0 Å². The summed E-state index contributed by atoms with van der Waals surface area (Å²) in [4.78, 5) is 0. The molecule has 1 aliphatic rings. The van der Waals surface area contributed by atoms with Crippen molar-refractivity contribution in [3.8, 4) is 0 Å². The summed E-state index contributed by atoms with van der Waals surface area (Å²) >= 11 is 8.62. The highest BCUT2D eigenvalue weighted by Gasteiger charge is 2.19. The van der Waals surface area contributed by atoms with Crippen molar-refractivity contribution in [2.45, 2.75) is 24.3 Å². The van der Waals surface area contributed by atoms with Crippen LogP contribution in [0.25, 0.3) is 0 Å². The Kier molecular flexibility index (Phi) is 5.66. The Balaban J connectivity index is 2.50. The summed E-state index contributed by atoms with van der Waals surface area (Å²) in [6, 6.07) is 0. The highest BCUT2D eigenvalue weighted by Crippen LogP contribution is 2.32. The number of rotatable bonds is 3. The van der Waals surface area contributed by atoms with Gasteiger partial charge in [0, 0.05) is 0 Å². The van der Waals surface area contributed by atoms with Crippen LogP contribution in [0.5, 0.6) is 0 Å². The predicted octanol–water partition coefficient (Wildman–Crippen LogP) is 1.78. The van der Waals surface area contributed by atoms with E-state index in [4.69, 9.17) is 18.0 Å². The first kappa shape index (κ1) is 12.1. The molecule has 14 heavy (non-hydrogen) atoms. The first-order valence-corrected chi connectivity index (χ1v) is 7.09. The monoisotopic (exact) mass is 249 g/mol. The quantitative estimate of drug-likeness (QED) is 0.454. The van der Waals surface area contributed by atoms with Crippen LogP contribution in [0, 0.1) is 0 Å². The van der Waals surface area contributed by atoms with Crippen LogP contribution in [0.3, 0.4) is 0 Å². The normalized spacial score (nSPS) is 19.4. The van der Waals surface area contributed by atoms with E-state index in [1.54, 1.807) is 0 Å². The fourth-order valence-corrected chi connectivity index (χ4v) is 4.17. The molecule has 0 aliphatic carbocycles. The second-order valence-corrected chi connectivity index (χ2v) is 6.02. The first-order valence-electron chi connectivity index (χ1n) is 4.59. The van der Waals surface area contributed by atoms with Crippen LogP contribution >= 0.6 is 35.7 Å². The van der Waals surface area contributed by atoms with Gasteiger partial charge in [0.1, 0.15) is 0 Å². The van der Waals surface area contributed by atoms with E-state index in [0.717, 1.165) is 12.1 Å². The number of nitrogens with two attached hydrogens (primary N) is 1. The number of hydrogen-bond acceptors (Lipinski definition) is 4. The van der Waals surface area contributed by atoms with Crippen molar-refractivity contribution < 1.29 is 0 Å². The molecular weight excluding hydrogens is 234 g/mol. The van der Waals surface area contributed by atoms with Crippen molar-refractivity contribution >= 4 is 46.6 Å². The van der Waals surface area contributed by atoms with Gasteiger partial charge in [-0.3, -0.25) is 5.43 Å². The smallest absolute Gasteiger partial charge is 0.184 e. The van der Waals surface area contributed by atoms with Gasteiger partial charge in [-0.2, -0.15) is 5.10 Å². The molecule has 0 atom stereocenters. The molecule has 3 N–H and O–H groups in total. The highest BCUT2D eigenvalue weighted by atomic mass is 32.2. The number of hydrazone groups is 1. The molecule has 0 unspecified atom stereocenters. The number of nitrogens with zero attached hydrogens (tertiary/aromatic N) is 1. The zero-order chi connectivity index (χ0) is 10.4. The van der Waals surface area contributed by atoms with E-state index in [-0.39, 0.29) is 5.11 Å². The molecule has 0 radical (unpaired) electrons. The van der Waals surface area contributed by atoms with Gasteiger partial charge in [0.05, 0.1) is 10.3 Å². The summed E-state index contributed by atoms with van der Waals surface area (Å²) in [6.45, 7) is 2.11. The summed E-state index contributed by atoms with van der Waals surface area (Å²) in [5, 5.41) is 4.46. The standard InChI is InChI=1S/C8H15N3S3/c1-2-6(10-11-8(9)12)7-13-4-3-5-14-7/h7H,2-5H2,1H3,(H3,9,11,12)/b10-6+. The molecule has 1 aliphatic heterocycles. The third kappa shape index (κ3) is 4.06. The van der Waals surface area contributed by atoms with Crippen LogP contribution in [0.15, 0.2) is 5.10 Å². The van der Waals surface area contributed by atoms with E-state index in [1.165, 1.54) is 17.9 Å². The summed E-state index contributed by atoms with van der Waals surface area (Å²) in [5.41, 5.74) is 9.13. The van der Waals surface area contributed by atoms with Crippen molar-refractivity contribution in [3.05, 3.63) is 0 Å². The first-order chi connectivity index (χ1) is 6.74. The molecule has 1 fully saturated rings. The van der Waals surface area contributed by atoms with E-state index in [9.17, 15) is 0 Å². The van der Waals surface area contributed by atoms with Crippen LogP contribution in [-0.2, 0) is 0 Å². The van der Waals surface area contributed by atoms with E-state index < -0.39 is 0 Å². The molecule has 0 saturated carbocycles. The Hall–Kier alpha value is 0.0600. The van der Waals surface area contributed by atoms with Gasteiger partial charge in [-0.1, -0.05) is 6.92 Å². The zero-order valence-electron chi connectivity index (χ0n) is 8.16. The summed E-state index contributed by atoms with van der Waals surface area (Å²) in [6.07, 6.45) is 2.24. The minimum atomic E-state index is 0.238. The van der Waals surface area contributed by atoms with Gasteiger partial charge < -0.3 is 5.73 Å². The topological polar surface area (TPSA) is 50.4 Å². The average Bonchev–Trinajstić information content (AvgIpc) is 2.20. The molecule has 0 aromatic rings. The Morgan fingerprint density at radius 3 is 2.71 bits per heavy atom. The summed E-state index contributed by atoms with van der Waals surface area (Å²) in [7, 11) is 0. The Morgan fingerprint density at radius 2 is 2.21 bits per heavy atom. The lowest BCUT2D eigenvalue weighted by Crippen LogP contribution is -2.28. The summed E-state index contributed by atoms with van der Waals surface area (Å²) < 4.78 is 0.482. The van der Waals surface area contributed by atoms with Gasteiger partial charge in [-0.25, -0.2) is 0 Å². The van der Waals surface area contributed by atoms with Gasteiger partial charge in [-0.05, 0) is 36.6 Å². The van der Waals surface area contributed by atoms with Crippen molar-refractivity contribution in [1.82, 2.24) is 5.43 Å². The number of hydrogen-bond donors (Lipinski definition) is 2. The highest BCUT2D eigenvalue weighted by molar-refractivity contribution is 8.18. The van der Waals surface area contributed by atoms with Gasteiger partial charge in [0.15, 0.2) is 5.11 Å². The molecule has 0 bridgehead atoms. The van der Waals surface area contributed by atoms with Crippen LogP contribution in [-0.4, -0.2) is 26.9 Å². The van der Waals surface area contributed by atoms with Crippen LogP contribution in [0.4, 0.5) is 0 Å². The third-order valence-corrected chi connectivity index (χ3v) is 4.88. The Bertz CT molecular complexity index is 224. The molecule has 0 aromatic heterocycles. The SMILES string of the molecule is CC/C(=N\NC(N)=S)C1SCCCS1. The lowest BCUT2D eigenvalue weighted by atomic mass is 10.3. The Morgan fingerprint density at radius 1 is 1.57 bits per heavy atom. The minimum Gasteiger partial charge on any atom is -0.375 e. The Labute approximate surface area is 98.6 Å². The minimum absolute atomic E-state index is 0.238. The number of nitrogens with one attached hydrogen (secondary N) is 1. The molecule has 80 valence electrons. The van der Waals surface area contributed by atoms with Crippen molar-refractivity contribution in [2.24, 2.45) is 10.8 Å². The maximum absolute atomic E-state index is 5.32. The second kappa shape index (κ2) is 6.53. The van der Waals surface area contributed by atoms with Crippen molar-refractivity contribution in [3.63, 3.8) is 0 Å². The van der Waals surface area contributed by atoms with E-state index in [1.807, 2.05) is 23.5 Å². The average molecular weight is 249 g/mol. The van der Waals surface area contributed by atoms with Gasteiger partial charge in [-0.15, -0.1) is 23.5 Å². The van der Waals surface area contributed by atoms with Crippen LogP contribution < -0.4 is 11.2 Å². The van der Waals surface area contributed by atoms with Crippen LogP contribution in [0.2, 0.25) is 0 Å². The largest absolute Gasteiger partial charge is 0.375 e. The third-order valence-electron chi connectivity index (χ3n) is 1.77. The lowest BCUT2D eigenvalue weighted by Gasteiger charge is -2.21. The van der Waals surface area contributed by atoms with E-state index in [0.29, 0.717) is 4.58 Å². The lowest BCUT2D eigenvalue weighted by molar-refractivity contribution is 1.00. The van der Waals surface area contributed by atoms with Gasteiger partial charge in [0.25, 0.3) is 0 Å². The number of thiocarbonyl (C=S) groups is 1. The van der Waals surface area contributed by atoms with Gasteiger partial charge >= 0.3 is 0 Å². The molecular formula is C8H15N3S3. The predicted molar refractivity (Wildman–Crippen MR) is 71.0 cm³/mol. The van der Waals surface area contributed by atoms with Crippen molar-refractivity contribution in [1.29, 1.82) is 0 Å². The van der Waals surface area contributed by atoms with Crippen molar-refractivity contribution in [2.75, 3.05) is 11.5 Å². The maximum atomic E-state index is 5.32. The maximum Gasteiger partial charge on any atom is 0.184 e. The fourth-order valence-electron chi connectivity index (χ4n) is 1.11. The molecule has 3 nitrogen and oxygen atoms in total. The molecule has 1 rings (SSSR count).